The monoisotopic (exact) mass is 311 g/mol. The molecule has 0 saturated carbocycles. The molecule has 1 N–H and O–H groups in total. The average molecular weight is 311 g/mol. The Kier molecular flexibility index (Phi) is 6.11. The number of imidazole rings is 1. The van der Waals surface area contributed by atoms with E-state index in [1.807, 2.05) is 6.20 Å². The lowest BCUT2D eigenvalue weighted by Gasteiger charge is -2.27. The van der Waals surface area contributed by atoms with Gasteiger partial charge in [0.25, 0.3) is 0 Å². The van der Waals surface area contributed by atoms with Crippen LogP contribution in [0.1, 0.15) is 44.7 Å². The molecule has 0 bridgehead atoms. The van der Waals surface area contributed by atoms with Gasteiger partial charge in [-0.15, -0.1) is 0 Å². The smallest absolute Gasteiger partial charge is 0.313 e. The first kappa shape index (κ1) is 16.4. The number of carbonyl (C=O) groups is 1. The highest BCUT2D eigenvalue weighted by Crippen LogP contribution is 2.23. The first-order chi connectivity index (χ1) is 10.1. The average Bonchev–Trinajstić information content (AvgIpc) is 2.87. The number of hydrogen-bond acceptors (Lipinski definition) is 4. The minimum Gasteiger partial charge on any atom is -0.481 e. The van der Waals surface area contributed by atoms with E-state index < -0.39 is 5.97 Å². The van der Waals surface area contributed by atoms with E-state index >= 15 is 0 Å². The summed E-state index contributed by atoms with van der Waals surface area (Å²) < 4.78 is 2.20. The van der Waals surface area contributed by atoms with Crippen molar-refractivity contribution in [3.8, 4) is 0 Å². The fourth-order valence-corrected chi connectivity index (χ4v) is 3.45. The second-order valence-electron chi connectivity index (χ2n) is 5.86. The summed E-state index contributed by atoms with van der Waals surface area (Å²) in [6.45, 7) is 8.60. The Morgan fingerprint density at radius 2 is 2.05 bits per heavy atom. The van der Waals surface area contributed by atoms with Crippen molar-refractivity contribution < 1.29 is 9.90 Å². The van der Waals surface area contributed by atoms with Crippen molar-refractivity contribution >= 4 is 17.7 Å². The zero-order valence-corrected chi connectivity index (χ0v) is 13.7. The van der Waals surface area contributed by atoms with Gasteiger partial charge in [-0.25, -0.2) is 4.98 Å². The molecule has 1 aliphatic rings. The summed E-state index contributed by atoms with van der Waals surface area (Å²) in [7, 11) is 0. The minimum absolute atomic E-state index is 0.0677. The van der Waals surface area contributed by atoms with Crippen LogP contribution in [-0.2, 0) is 11.3 Å². The van der Waals surface area contributed by atoms with Crippen LogP contribution in [0.3, 0.4) is 0 Å². The van der Waals surface area contributed by atoms with Crippen molar-refractivity contribution in [3.63, 3.8) is 0 Å². The SMILES string of the molecule is CC(C)c1cnc(SCC(=O)O)n1CCN1CCCCC1. The molecule has 6 heteroatoms. The molecular formula is C15H25N3O2S. The van der Waals surface area contributed by atoms with Crippen LogP contribution in [0.5, 0.6) is 0 Å². The van der Waals surface area contributed by atoms with E-state index in [1.165, 1.54) is 49.8 Å². The highest BCUT2D eigenvalue weighted by atomic mass is 32.2. The number of nitrogens with zero attached hydrogens (tertiary/aromatic N) is 3. The Labute approximate surface area is 130 Å². The van der Waals surface area contributed by atoms with Crippen LogP contribution in [0.2, 0.25) is 0 Å². The van der Waals surface area contributed by atoms with Crippen LogP contribution in [-0.4, -0.2) is 50.9 Å². The molecule has 2 rings (SSSR count). The molecule has 1 aromatic rings. The normalized spacial score (nSPS) is 16.5. The Bertz CT molecular complexity index is 467. The van der Waals surface area contributed by atoms with Crippen molar-refractivity contribution in [2.75, 3.05) is 25.4 Å². The summed E-state index contributed by atoms with van der Waals surface area (Å²) in [6, 6.07) is 0. The van der Waals surface area contributed by atoms with Gasteiger partial charge >= 0.3 is 5.97 Å². The van der Waals surface area contributed by atoms with Gasteiger partial charge in [0.2, 0.25) is 0 Å². The first-order valence-electron chi connectivity index (χ1n) is 7.70. The third-order valence-corrected chi connectivity index (χ3v) is 4.83. The van der Waals surface area contributed by atoms with E-state index in [-0.39, 0.29) is 5.75 Å². The minimum atomic E-state index is -0.795. The number of rotatable bonds is 7. The van der Waals surface area contributed by atoms with Crippen molar-refractivity contribution in [2.24, 2.45) is 0 Å². The van der Waals surface area contributed by atoms with Gasteiger partial charge < -0.3 is 14.6 Å². The highest BCUT2D eigenvalue weighted by Gasteiger charge is 2.16. The van der Waals surface area contributed by atoms with E-state index in [0.717, 1.165) is 18.2 Å². The number of aromatic nitrogens is 2. The molecule has 0 spiro atoms. The van der Waals surface area contributed by atoms with Gasteiger partial charge in [0.05, 0.1) is 5.75 Å². The lowest BCUT2D eigenvalue weighted by Crippen LogP contribution is -2.33. The molecule has 5 nitrogen and oxygen atoms in total. The van der Waals surface area contributed by atoms with Crippen LogP contribution in [0, 0.1) is 0 Å². The van der Waals surface area contributed by atoms with E-state index in [9.17, 15) is 4.79 Å². The van der Waals surface area contributed by atoms with Gasteiger partial charge in [-0.3, -0.25) is 4.79 Å². The third-order valence-electron chi connectivity index (χ3n) is 3.85. The lowest BCUT2D eigenvalue weighted by molar-refractivity contribution is -0.133. The van der Waals surface area contributed by atoms with Crippen molar-refractivity contribution in [3.05, 3.63) is 11.9 Å². The standard InChI is InChI=1S/C15H25N3O2S/c1-12(2)13-10-16-15(21-11-14(19)20)18(13)9-8-17-6-4-3-5-7-17/h10,12H,3-9,11H2,1-2H3,(H,19,20). The van der Waals surface area contributed by atoms with Crippen molar-refractivity contribution in [1.29, 1.82) is 0 Å². The molecular weight excluding hydrogens is 286 g/mol. The number of piperidine rings is 1. The second-order valence-corrected chi connectivity index (χ2v) is 6.80. The van der Waals surface area contributed by atoms with Crippen molar-refractivity contribution in [1.82, 2.24) is 14.5 Å². The summed E-state index contributed by atoms with van der Waals surface area (Å²) >= 11 is 1.31. The van der Waals surface area contributed by atoms with Gasteiger partial charge in [-0.2, -0.15) is 0 Å². The van der Waals surface area contributed by atoms with Crippen LogP contribution >= 0.6 is 11.8 Å². The van der Waals surface area contributed by atoms with Gasteiger partial charge in [-0.1, -0.05) is 32.0 Å². The molecule has 1 fully saturated rings. The molecule has 118 valence electrons. The van der Waals surface area contributed by atoms with E-state index in [4.69, 9.17) is 5.11 Å². The van der Waals surface area contributed by atoms with Gasteiger partial charge in [-0.05, 0) is 31.8 Å². The van der Waals surface area contributed by atoms with Crippen molar-refractivity contribution in [2.45, 2.75) is 50.7 Å². The highest BCUT2D eigenvalue weighted by molar-refractivity contribution is 7.99. The predicted octanol–water partition coefficient (Wildman–Crippen LogP) is 2.67. The van der Waals surface area contributed by atoms with E-state index in [0.29, 0.717) is 5.92 Å². The Balaban J connectivity index is 2.02. The summed E-state index contributed by atoms with van der Waals surface area (Å²) in [5.41, 5.74) is 1.19. The predicted molar refractivity (Wildman–Crippen MR) is 85.0 cm³/mol. The van der Waals surface area contributed by atoms with Gasteiger partial charge in [0, 0.05) is 25.0 Å². The number of carboxylic acid groups (broad SMARTS) is 1. The summed E-state index contributed by atoms with van der Waals surface area (Å²) in [4.78, 5) is 17.7. The maximum Gasteiger partial charge on any atom is 0.313 e. The Hall–Kier alpha value is -1.01. The topological polar surface area (TPSA) is 58.4 Å². The van der Waals surface area contributed by atoms with Crippen LogP contribution in [0.25, 0.3) is 0 Å². The van der Waals surface area contributed by atoms with Crippen LogP contribution in [0.4, 0.5) is 0 Å². The molecule has 0 aromatic carbocycles. The Morgan fingerprint density at radius 1 is 1.33 bits per heavy atom. The van der Waals surface area contributed by atoms with Gasteiger partial charge in [0.15, 0.2) is 5.16 Å². The summed E-state index contributed by atoms with van der Waals surface area (Å²) in [5.74, 6) is -0.326. The fourth-order valence-electron chi connectivity index (χ4n) is 2.72. The first-order valence-corrected chi connectivity index (χ1v) is 8.69. The largest absolute Gasteiger partial charge is 0.481 e. The Morgan fingerprint density at radius 3 is 2.67 bits per heavy atom. The summed E-state index contributed by atoms with van der Waals surface area (Å²) in [6.07, 6.45) is 5.83. The molecule has 0 radical (unpaired) electrons. The van der Waals surface area contributed by atoms with E-state index in [1.54, 1.807) is 0 Å². The molecule has 1 saturated heterocycles. The zero-order valence-electron chi connectivity index (χ0n) is 12.9. The summed E-state index contributed by atoms with van der Waals surface area (Å²) in [5, 5.41) is 9.68. The molecule has 2 heterocycles. The quantitative estimate of drug-likeness (QED) is 0.785. The molecule has 0 amide bonds. The fraction of sp³-hybridized carbons (Fsp3) is 0.733. The molecule has 0 aliphatic carbocycles. The third kappa shape index (κ3) is 4.74. The molecule has 0 atom stereocenters. The number of hydrogen-bond donors (Lipinski definition) is 1. The second kappa shape index (κ2) is 7.84. The number of thioether (sulfide) groups is 1. The number of likely N-dealkylation sites (tertiary alicyclic amines) is 1. The van der Waals surface area contributed by atoms with Crippen LogP contribution in [0.15, 0.2) is 11.4 Å². The molecule has 1 aliphatic heterocycles. The number of carboxylic acids is 1. The molecule has 0 unspecified atom stereocenters. The zero-order chi connectivity index (χ0) is 15.2. The molecule has 21 heavy (non-hydrogen) atoms. The molecule has 1 aromatic heterocycles. The van der Waals surface area contributed by atoms with Gasteiger partial charge in [0.1, 0.15) is 0 Å². The number of aliphatic carboxylic acids is 1. The maximum absolute atomic E-state index is 10.8. The lowest BCUT2D eigenvalue weighted by atomic mass is 10.1. The van der Waals surface area contributed by atoms with E-state index in [2.05, 4.69) is 28.3 Å². The maximum atomic E-state index is 10.8. The van der Waals surface area contributed by atoms with Crippen LogP contribution < -0.4 is 0 Å².